The number of aromatic nitrogens is 8. The van der Waals surface area contributed by atoms with Crippen molar-refractivity contribution in [3.05, 3.63) is 333 Å². The number of aryl methyl sites for hydroxylation is 8. The van der Waals surface area contributed by atoms with Crippen molar-refractivity contribution in [1.29, 1.82) is 0 Å². The summed E-state index contributed by atoms with van der Waals surface area (Å²) in [7, 11) is 7.77. The second-order valence-electron chi connectivity index (χ2n) is 36.7. The van der Waals surface area contributed by atoms with Gasteiger partial charge in [0.05, 0.1) is 33.6 Å². The molecule has 4 aliphatic carbocycles. The molecule has 132 heavy (non-hydrogen) atoms. The molecule has 0 saturated carbocycles. The van der Waals surface area contributed by atoms with Gasteiger partial charge in [0.25, 0.3) is 0 Å². The van der Waals surface area contributed by atoms with Crippen molar-refractivity contribution >= 4 is 87.8 Å². The van der Waals surface area contributed by atoms with Crippen molar-refractivity contribution in [3.8, 4) is 89.7 Å². The SMILES string of the molecule is [2H]C(C)(C)c1cc[n+](C)c(-c2c(C)ccc3c2oc2c4c(ccc23)C(C([2H])([2H])[2H])(C([2H])([2H])[2H])c2cccnc2-4)c1.[2H]C(C)(C)c1cc[n+](C)c(-c2c(C)ccc3c2oc2c4c(ccc23)C(C([2H])([2H])[2H])(C([2H])([2H])[2H])c2ccncc2-4)c1.[2H]C(C)(C)c1cc[n+](C)c(-c2c(C)ccc3c2oc2c4c(ccc23)C(C([2H])([2H])[2H])(C([2H])([2H])[2H])c2cnccc2-4)c1.[2H]C(C)(C)c1cc[n+](C)c(-c2c(C)ccc3c2oc2c4c(ccc23)C(C([2H])([2H])[2H])(C([2H])([2H])[2H])c2ncccc2-4)c1. The van der Waals surface area contributed by atoms with Crippen LogP contribution in [0.25, 0.3) is 177 Å². The molecule has 0 spiro atoms. The zero-order valence-corrected chi connectivity index (χ0v) is 76.3. The number of furan rings is 4. The van der Waals surface area contributed by atoms with Gasteiger partial charge >= 0.3 is 0 Å². The molecule has 8 aromatic carbocycles. The molecule has 0 radical (unpaired) electrons. The minimum absolute atomic E-state index is 0.0196. The van der Waals surface area contributed by atoms with Crippen molar-refractivity contribution in [2.75, 3.05) is 0 Å². The lowest BCUT2D eigenvalue weighted by Gasteiger charge is -2.20. The minimum atomic E-state index is -2.90. The molecule has 0 bridgehead atoms. The van der Waals surface area contributed by atoms with E-state index in [4.69, 9.17) is 56.0 Å². The number of benzene rings is 8. The smallest absolute Gasteiger partial charge is 0.216 e. The fraction of sp³-hybridized carbons (Fsp3) is 0.267. The Kier molecular flexibility index (Phi) is 13.8. The van der Waals surface area contributed by atoms with Crippen LogP contribution in [0.3, 0.4) is 0 Å². The molecular weight excluding hydrogens is 1620 g/mol. The Labute approximate surface area is 812 Å². The van der Waals surface area contributed by atoms with Gasteiger partial charge in [0.15, 0.2) is 24.8 Å². The Morgan fingerprint density at radius 2 is 0.591 bits per heavy atom. The number of fused-ring (bicyclic) bond motifs is 28. The van der Waals surface area contributed by atoms with Crippen molar-refractivity contribution in [1.82, 2.24) is 19.9 Å². The predicted molar refractivity (Wildman–Crippen MR) is 538 cm³/mol. The topological polar surface area (TPSA) is 120 Å². The van der Waals surface area contributed by atoms with E-state index >= 15 is 0 Å². The van der Waals surface area contributed by atoms with Gasteiger partial charge in [-0.1, -0.05) is 219 Å². The first-order valence-electron chi connectivity index (χ1n) is 58.2. The van der Waals surface area contributed by atoms with Gasteiger partial charge in [-0.2, -0.15) is 0 Å². The van der Waals surface area contributed by atoms with E-state index in [0.717, 1.165) is 133 Å². The molecule has 0 amide bonds. The Morgan fingerprint density at radius 1 is 0.280 bits per heavy atom. The molecule has 0 fully saturated rings. The normalized spacial score (nSPS) is 18.5. The summed E-state index contributed by atoms with van der Waals surface area (Å²) in [4.78, 5) is 17.2. The maximum atomic E-state index is 8.57. The third-order valence-electron chi connectivity index (χ3n) is 27.5. The molecule has 12 heterocycles. The highest BCUT2D eigenvalue weighted by atomic mass is 16.3. The lowest BCUT2D eigenvalue weighted by atomic mass is 9.82. The van der Waals surface area contributed by atoms with Crippen molar-refractivity contribution < 1.29 is 74.3 Å². The molecule has 20 aromatic rings. The van der Waals surface area contributed by atoms with Crippen LogP contribution in [-0.4, -0.2) is 19.9 Å². The number of rotatable bonds is 8. The summed E-state index contributed by atoms with van der Waals surface area (Å²) in [6.45, 7) is -0.269. The largest absolute Gasteiger partial charge is 0.454 e. The van der Waals surface area contributed by atoms with Crippen LogP contribution in [0.2, 0.25) is 0 Å². The first-order chi connectivity index (χ1) is 74.3. The third-order valence-corrected chi connectivity index (χ3v) is 27.5. The van der Waals surface area contributed by atoms with E-state index in [-0.39, 0.29) is 44.6 Å². The van der Waals surface area contributed by atoms with Gasteiger partial charge in [0, 0.05) is 222 Å². The van der Waals surface area contributed by atoms with Crippen LogP contribution in [0.15, 0.2) is 262 Å². The monoisotopic (exact) mass is 1760 g/mol. The number of pyridine rings is 8. The predicted octanol–water partition coefficient (Wildman–Crippen LogP) is 28.8. The van der Waals surface area contributed by atoms with Crippen molar-refractivity contribution in [2.45, 2.75) is 183 Å². The van der Waals surface area contributed by atoms with Gasteiger partial charge < -0.3 is 17.7 Å². The second-order valence-corrected chi connectivity index (χ2v) is 36.7. The van der Waals surface area contributed by atoms with E-state index in [1.165, 1.54) is 30.9 Å². The highest BCUT2D eigenvalue weighted by Crippen LogP contribution is 2.58. The standard InChI is InChI=1S/4C30H29N2O/c1-17(2)19-12-14-32(6)25(15-19)26-18(3)7-8-20-21-9-10-24-27(29(21)33-28(20)26)22-16-31-13-11-23(22)30(24,4)5;1-17(2)19-12-14-32(6)25(15-19)26-18(3)7-8-20-21-9-10-23-27(29(21)33-28(20)26)22-11-13-31-16-24(22)30(23,4)5;1-17(2)19-13-15-32(6)24(16-19)25-18(3)9-10-20-21-11-12-22-26(29(21)33-28(20)25)27-23(30(22,4)5)8-7-14-31-27;1-17(2)19-13-15-32(6)24(16-19)25-18(3)9-10-20-21-11-12-23-26(28(21)33-27(20)25)22-8-7-14-31-29(22)30(23,4)5/h4*7-17H,1-6H3/q4*+1/i4*4D3,5D3,17D. The zero-order valence-electron chi connectivity index (χ0n) is 104. The highest BCUT2D eigenvalue weighted by Gasteiger charge is 2.44. The van der Waals surface area contributed by atoms with Crippen LogP contribution in [0.4, 0.5) is 0 Å². The van der Waals surface area contributed by atoms with E-state index in [9.17, 15) is 0 Å². The molecule has 12 heteroatoms. The molecule has 656 valence electrons. The number of nitrogens with zero attached hydrogens (tertiary/aromatic N) is 8. The van der Waals surface area contributed by atoms with Crippen LogP contribution >= 0.6 is 0 Å². The molecule has 12 nitrogen and oxygen atoms in total. The summed E-state index contributed by atoms with van der Waals surface area (Å²) in [5.41, 5.74) is 14.2. The fourth-order valence-corrected chi connectivity index (χ4v) is 20.3. The average Bonchev–Trinajstić information content (AvgIpc) is 1.52. The van der Waals surface area contributed by atoms with Crippen molar-refractivity contribution in [3.63, 3.8) is 0 Å². The number of hydrogen-bond donors (Lipinski definition) is 0. The van der Waals surface area contributed by atoms with Gasteiger partial charge in [-0.05, 0) is 165 Å². The molecule has 0 N–H and O–H groups in total. The van der Waals surface area contributed by atoms with Crippen LogP contribution in [0, 0.1) is 27.7 Å². The summed E-state index contributed by atoms with van der Waals surface area (Å²) in [6.07, 6.45) is 16.6. The van der Waals surface area contributed by atoms with Crippen LogP contribution < -0.4 is 18.3 Å². The average molecular weight is 1760 g/mol. The molecule has 4 aliphatic rings. The van der Waals surface area contributed by atoms with Crippen molar-refractivity contribution in [2.24, 2.45) is 28.2 Å². The van der Waals surface area contributed by atoms with Gasteiger partial charge in [0.2, 0.25) is 22.8 Å². The first-order valence-corrected chi connectivity index (χ1v) is 44.2. The highest BCUT2D eigenvalue weighted by molar-refractivity contribution is 6.19. The molecule has 0 atom stereocenters. The van der Waals surface area contributed by atoms with Crippen LogP contribution in [0.1, 0.15) is 261 Å². The van der Waals surface area contributed by atoms with E-state index < -0.39 is 100 Å². The molecule has 0 aliphatic heterocycles. The third kappa shape index (κ3) is 12.9. The number of hydrogen-bond acceptors (Lipinski definition) is 8. The molecule has 24 rings (SSSR count). The fourth-order valence-electron chi connectivity index (χ4n) is 20.3. The Balaban J connectivity index is 0.000000123. The lowest BCUT2D eigenvalue weighted by molar-refractivity contribution is -0.660. The van der Waals surface area contributed by atoms with Gasteiger partial charge in [-0.25, -0.2) is 18.3 Å². The molecule has 0 saturated heterocycles. The quantitative estimate of drug-likeness (QED) is 0.138. The lowest BCUT2D eigenvalue weighted by Crippen LogP contribution is -2.31. The zero-order chi connectivity index (χ0) is 116. The maximum Gasteiger partial charge on any atom is 0.216 e. The van der Waals surface area contributed by atoms with E-state index in [1.54, 1.807) is 91.3 Å². The second kappa shape index (κ2) is 30.9. The first kappa shape index (κ1) is 58.7. The summed E-state index contributed by atoms with van der Waals surface area (Å²) >= 11 is 0. The van der Waals surface area contributed by atoms with E-state index in [1.807, 2.05) is 251 Å². The minimum Gasteiger partial charge on any atom is -0.454 e. The van der Waals surface area contributed by atoms with Gasteiger partial charge in [-0.15, -0.1) is 0 Å². The molecule has 0 unspecified atom stereocenters. The Hall–Kier alpha value is -13.8. The van der Waals surface area contributed by atoms with E-state index in [0.29, 0.717) is 89.3 Å². The van der Waals surface area contributed by atoms with Gasteiger partial charge in [0.1, 0.15) is 72.9 Å². The van der Waals surface area contributed by atoms with Gasteiger partial charge in [-0.3, -0.25) is 19.9 Å². The van der Waals surface area contributed by atoms with E-state index in [2.05, 4.69) is 19.9 Å². The molecular formula is C120H116N8O4+4. The summed E-state index contributed by atoms with van der Waals surface area (Å²) < 4.78 is 272. The maximum absolute atomic E-state index is 8.57. The summed E-state index contributed by atoms with van der Waals surface area (Å²) in [5, 5.41) is 6.37. The van der Waals surface area contributed by atoms with Crippen LogP contribution in [-0.2, 0) is 49.9 Å². The Bertz CT molecular complexity index is 8400. The summed E-state index contributed by atoms with van der Waals surface area (Å²) in [6, 6.07) is 55.0. The van der Waals surface area contributed by atoms with Crippen LogP contribution in [0.5, 0.6) is 0 Å². The molecule has 12 aromatic heterocycles. The summed E-state index contributed by atoms with van der Waals surface area (Å²) in [5.74, 6) is -3.21. The Morgan fingerprint density at radius 3 is 0.985 bits per heavy atom.